The molecule has 8 nitrogen and oxygen atoms in total. The molecule has 0 bridgehead atoms. The Morgan fingerprint density at radius 2 is 1.85 bits per heavy atom. The van der Waals surface area contributed by atoms with Crippen molar-refractivity contribution in [1.29, 1.82) is 0 Å². The molecule has 0 aliphatic rings. The van der Waals surface area contributed by atoms with E-state index >= 15 is 0 Å². The second kappa shape index (κ2) is 7.61. The number of hydrogen-bond donors (Lipinski definition) is 1. The molecule has 1 amide bonds. The number of benzene rings is 1. The molecule has 1 N–H and O–H groups in total. The summed E-state index contributed by atoms with van der Waals surface area (Å²) in [7, 11) is 2.96. The molecule has 2 aromatic heterocycles. The van der Waals surface area contributed by atoms with Crippen LogP contribution >= 0.6 is 0 Å². The van der Waals surface area contributed by atoms with E-state index in [1.54, 1.807) is 7.05 Å². The lowest BCUT2D eigenvalue weighted by molar-refractivity contribution is -0.121. The van der Waals surface area contributed by atoms with Crippen molar-refractivity contribution in [3.63, 3.8) is 0 Å². The fraction of sp³-hybridized carbons (Fsp3) is 0.368. The van der Waals surface area contributed by atoms with Crippen molar-refractivity contribution in [2.75, 3.05) is 6.54 Å². The number of nitrogens with one attached hydrogen (secondary N) is 1. The topological polar surface area (TPSA) is 90.9 Å². The van der Waals surface area contributed by atoms with E-state index in [0.717, 1.165) is 11.0 Å². The van der Waals surface area contributed by atoms with Crippen LogP contribution in [0.3, 0.4) is 0 Å². The predicted molar refractivity (Wildman–Crippen MR) is 103 cm³/mol. The van der Waals surface area contributed by atoms with Crippen molar-refractivity contribution in [1.82, 2.24) is 24.0 Å². The van der Waals surface area contributed by atoms with Gasteiger partial charge in [0.2, 0.25) is 5.91 Å². The third kappa shape index (κ3) is 3.55. The van der Waals surface area contributed by atoms with Gasteiger partial charge >= 0.3 is 5.69 Å². The van der Waals surface area contributed by atoms with Crippen LogP contribution in [-0.2, 0) is 25.4 Å². The van der Waals surface area contributed by atoms with Crippen LogP contribution < -0.4 is 16.6 Å². The van der Waals surface area contributed by atoms with Crippen LogP contribution in [-0.4, -0.2) is 31.1 Å². The van der Waals surface area contributed by atoms with E-state index in [2.05, 4.69) is 17.2 Å². The SMILES string of the molecule is CCC(CNC(=O)Cn1cnc2c1c(=O)n(C)c(=O)n2C)c1ccccc1. The summed E-state index contributed by atoms with van der Waals surface area (Å²) in [5.74, 6) is 0.0166. The smallest absolute Gasteiger partial charge is 0.332 e. The molecule has 0 aliphatic heterocycles. The predicted octanol–water partition coefficient (Wildman–Crippen LogP) is 0.744. The summed E-state index contributed by atoms with van der Waals surface area (Å²) in [6.07, 6.45) is 2.32. The first-order valence-corrected chi connectivity index (χ1v) is 8.86. The van der Waals surface area contributed by atoms with E-state index in [-0.39, 0.29) is 29.5 Å². The molecular formula is C19H23N5O3. The molecule has 1 unspecified atom stereocenters. The van der Waals surface area contributed by atoms with Crippen LogP contribution in [0.4, 0.5) is 0 Å². The molecule has 1 aromatic carbocycles. The quantitative estimate of drug-likeness (QED) is 0.694. The Morgan fingerprint density at radius 3 is 2.52 bits per heavy atom. The Bertz CT molecular complexity index is 1080. The minimum absolute atomic E-state index is 0.0326. The molecular weight excluding hydrogens is 346 g/mol. The number of nitrogens with zero attached hydrogens (tertiary/aromatic N) is 4. The van der Waals surface area contributed by atoms with Crippen molar-refractivity contribution in [3.05, 3.63) is 63.1 Å². The van der Waals surface area contributed by atoms with Gasteiger partial charge in [-0.25, -0.2) is 9.78 Å². The van der Waals surface area contributed by atoms with E-state index in [9.17, 15) is 14.4 Å². The van der Waals surface area contributed by atoms with Gasteiger partial charge in [0.1, 0.15) is 6.54 Å². The van der Waals surface area contributed by atoms with Gasteiger partial charge in [-0.05, 0) is 12.0 Å². The minimum atomic E-state index is -0.464. The maximum atomic E-state index is 12.4. The molecule has 2 heterocycles. The van der Waals surface area contributed by atoms with Crippen molar-refractivity contribution < 1.29 is 4.79 Å². The van der Waals surface area contributed by atoms with E-state index in [1.165, 1.54) is 28.1 Å². The lowest BCUT2D eigenvalue weighted by atomic mass is 9.96. The maximum absolute atomic E-state index is 12.4. The number of carbonyl (C=O) groups is 1. The lowest BCUT2D eigenvalue weighted by Crippen LogP contribution is -2.38. The van der Waals surface area contributed by atoms with Crippen LogP contribution in [0.25, 0.3) is 11.2 Å². The molecule has 0 spiro atoms. The van der Waals surface area contributed by atoms with E-state index < -0.39 is 11.2 Å². The molecule has 27 heavy (non-hydrogen) atoms. The number of carbonyl (C=O) groups excluding carboxylic acids is 1. The highest BCUT2D eigenvalue weighted by Gasteiger charge is 2.16. The number of aromatic nitrogens is 4. The highest BCUT2D eigenvalue weighted by Crippen LogP contribution is 2.17. The monoisotopic (exact) mass is 369 g/mol. The normalized spacial score (nSPS) is 12.3. The van der Waals surface area contributed by atoms with Gasteiger partial charge in [-0.2, -0.15) is 0 Å². The molecule has 8 heteroatoms. The Labute approximate surface area is 156 Å². The highest BCUT2D eigenvalue weighted by atomic mass is 16.2. The minimum Gasteiger partial charge on any atom is -0.354 e. The maximum Gasteiger partial charge on any atom is 0.332 e. The molecule has 0 aliphatic carbocycles. The van der Waals surface area contributed by atoms with E-state index in [1.807, 2.05) is 30.3 Å². The third-order valence-corrected chi connectivity index (χ3v) is 4.84. The van der Waals surface area contributed by atoms with Crippen molar-refractivity contribution in [2.24, 2.45) is 14.1 Å². The molecule has 3 rings (SSSR count). The largest absolute Gasteiger partial charge is 0.354 e. The second-order valence-electron chi connectivity index (χ2n) is 6.57. The first-order chi connectivity index (χ1) is 12.9. The summed E-state index contributed by atoms with van der Waals surface area (Å²) in [6.45, 7) is 2.56. The average Bonchev–Trinajstić information content (AvgIpc) is 3.09. The van der Waals surface area contributed by atoms with Crippen LogP contribution in [0.1, 0.15) is 24.8 Å². The van der Waals surface area contributed by atoms with Gasteiger partial charge in [0.05, 0.1) is 6.33 Å². The number of amides is 1. The van der Waals surface area contributed by atoms with Crippen molar-refractivity contribution in [3.8, 4) is 0 Å². The standard InChI is InChI=1S/C19H23N5O3/c1-4-13(14-8-6-5-7-9-14)10-20-15(25)11-24-12-21-17-16(24)18(26)23(3)19(27)22(17)2/h5-9,12-13H,4,10-11H2,1-3H3,(H,20,25). The third-order valence-electron chi connectivity index (χ3n) is 4.84. The number of hydrogen-bond acceptors (Lipinski definition) is 4. The number of rotatable bonds is 6. The second-order valence-corrected chi connectivity index (χ2v) is 6.57. The summed E-state index contributed by atoms with van der Waals surface area (Å²) in [5.41, 5.74) is 0.777. The van der Waals surface area contributed by atoms with E-state index in [0.29, 0.717) is 6.54 Å². The summed E-state index contributed by atoms with van der Waals surface area (Å²) in [5, 5.41) is 2.93. The number of aryl methyl sites for hydroxylation is 1. The molecule has 1 atom stereocenters. The van der Waals surface area contributed by atoms with Crippen molar-refractivity contribution in [2.45, 2.75) is 25.8 Å². The van der Waals surface area contributed by atoms with E-state index in [4.69, 9.17) is 0 Å². The first kappa shape index (κ1) is 18.6. The van der Waals surface area contributed by atoms with Gasteiger partial charge in [0.25, 0.3) is 5.56 Å². The highest BCUT2D eigenvalue weighted by molar-refractivity contribution is 5.78. The van der Waals surface area contributed by atoms with Crippen molar-refractivity contribution >= 4 is 17.1 Å². The number of imidazole rings is 1. The Kier molecular flexibility index (Phi) is 5.25. The van der Waals surface area contributed by atoms with Gasteiger partial charge in [-0.3, -0.25) is 18.7 Å². The van der Waals surface area contributed by atoms with Crippen LogP contribution in [0.5, 0.6) is 0 Å². The van der Waals surface area contributed by atoms with Crippen LogP contribution in [0, 0.1) is 0 Å². The Morgan fingerprint density at radius 1 is 1.15 bits per heavy atom. The van der Waals surface area contributed by atoms with Gasteiger partial charge in [0.15, 0.2) is 11.2 Å². The molecule has 0 saturated heterocycles. The first-order valence-electron chi connectivity index (χ1n) is 8.86. The molecule has 0 radical (unpaired) electrons. The summed E-state index contributed by atoms with van der Waals surface area (Å²) in [6, 6.07) is 10.0. The van der Waals surface area contributed by atoms with Crippen LogP contribution in [0.15, 0.2) is 46.2 Å². The Hall–Kier alpha value is -3.16. The average molecular weight is 369 g/mol. The molecule has 0 fully saturated rings. The zero-order valence-corrected chi connectivity index (χ0v) is 15.7. The molecule has 0 saturated carbocycles. The fourth-order valence-electron chi connectivity index (χ4n) is 3.19. The molecule has 3 aromatic rings. The Balaban J connectivity index is 1.77. The zero-order valence-electron chi connectivity index (χ0n) is 15.7. The van der Waals surface area contributed by atoms with Crippen LogP contribution in [0.2, 0.25) is 0 Å². The zero-order chi connectivity index (χ0) is 19.6. The van der Waals surface area contributed by atoms with Gasteiger partial charge < -0.3 is 9.88 Å². The lowest BCUT2D eigenvalue weighted by Gasteiger charge is -2.16. The summed E-state index contributed by atoms with van der Waals surface area (Å²) >= 11 is 0. The van der Waals surface area contributed by atoms with Gasteiger partial charge in [0, 0.05) is 26.6 Å². The number of fused-ring (bicyclic) bond motifs is 1. The summed E-state index contributed by atoms with van der Waals surface area (Å²) in [4.78, 5) is 40.9. The van der Waals surface area contributed by atoms with Gasteiger partial charge in [-0.15, -0.1) is 0 Å². The fourth-order valence-corrected chi connectivity index (χ4v) is 3.19. The molecule has 142 valence electrons. The van der Waals surface area contributed by atoms with Gasteiger partial charge in [-0.1, -0.05) is 37.3 Å². The summed E-state index contributed by atoms with van der Waals surface area (Å²) < 4.78 is 3.80.